The molecule has 0 aliphatic carbocycles. The number of hydrogen-bond acceptors (Lipinski definition) is 5. The molecule has 0 saturated carbocycles. The third kappa shape index (κ3) is 2.97. The van der Waals surface area contributed by atoms with Crippen molar-refractivity contribution in [3.05, 3.63) is 77.2 Å². The smallest absolute Gasteiger partial charge is 0.259 e. The minimum absolute atomic E-state index is 0.136. The number of anilines is 1. The van der Waals surface area contributed by atoms with E-state index in [1.807, 2.05) is 6.07 Å². The Bertz CT molecular complexity index is 1260. The van der Waals surface area contributed by atoms with Gasteiger partial charge in [-0.1, -0.05) is 29.4 Å². The van der Waals surface area contributed by atoms with E-state index in [2.05, 4.69) is 15.5 Å². The molecule has 0 radical (unpaired) electrons. The number of nitrogens with zero attached hydrogens (tertiary/aromatic N) is 3. The van der Waals surface area contributed by atoms with Crippen molar-refractivity contribution in [3.63, 3.8) is 0 Å². The molecule has 7 heteroatoms. The Morgan fingerprint density at radius 1 is 1.18 bits per heavy atom. The summed E-state index contributed by atoms with van der Waals surface area (Å²) in [7, 11) is 0. The number of pyridine rings is 1. The quantitative estimate of drug-likeness (QED) is 0.573. The van der Waals surface area contributed by atoms with Crippen molar-refractivity contribution in [2.45, 2.75) is 6.92 Å². The first-order valence-electron chi connectivity index (χ1n) is 8.41. The maximum Gasteiger partial charge on any atom is 0.259 e. The second-order valence-corrected chi connectivity index (χ2v) is 6.09. The van der Waals surface area contributed by atoms with Crippen LogP contribution in [0.3, 0.4) is 0 Å². The Balaban J connectivity index is 1.86. The van der Waals surface area contributed by atoms with Gasteiger partial charge in [0.05, 0.1) is 33.6 Å². The van der Waals surface area contributed by atoms with E-state index >= 15 is 0 Å². The van der Waals surface area contributed by atoms with Crippen molar-refractivity contribution in [1.82, 2.24) is 10.1 Å². The lowest BCUT2D eigenvalue weighted by molar-refractivity contribution is 0.102. The topological polar surface area (TPSA) is 91.8 Å². The van der Waals surface area contributed by atoms with Crippen molar-refractivity contribution >= 4 is 22.7 Å². The molecule has 6 nitrogen and oxygen atoms in total. The van der Waals surface area contributed by atoms with Gasteiger partial charge in [0.2, 0.25) is 0 Å². The third-order valence-electron chi connectivity index (χ3n) is 4.31. The molecule has 0 aliphatic rings. The molecule has 2 aromatic heterocycles. The maximum atomic E-state index is 14.2. The average Bonchev–Trinajstić information content (AvgIpc) is 3.09. The van der Waals surface area contributed by atoms with E-state index in [1.54, 1.807) is 49.4 Å². The molecule has 0 unspecified atom stereocenters. The minimum atomic E-state index is -0.473. The molecular formula is C21H13FN4O2. The van der Waals surface area contributed by atoms with Gasteiger partial charge >= 0.3 is 0 Å². The number of hydrogen-bond donors (Lipinski definition) is 1. The number of aryl methyl sites for hydroxylation is 1. The predicted octanol–water partition coefficient (Wildman–Crippen LogP) is 4.46. The zero-order valence-corrected chi connectivity index (χ0v) is 14.7. The molecule has 4 rings (SSSR count). The van der Waals surface area contributed by atoms with E-state index in [1.165, 1.54) is 12.1 Å². The van der Waals surface area contributed by atoms with Gasteiger partial charge in [-0.2, -0.15) is 5.26 Å². The number of fused-ring (bicyclic) bond motifs is 1. The number of nitriles is 1. The number of nitrogens with one attached hydrogen (secondary N) is 1. The van der Waals surface area contributed by atoms with Crippen molar-refractivity contribution in [1.29, 1.82) is 5.26 Å². The largest absolute Gasteiger partial charge is 0.335 e. The van der Waals surface area contributed by atoms with Crippen molar-refractivity contribution in [2.75, 3.05) is 5.32 Å². The van der Waals surface area contributed by atoms with Crippen LogP contribution >= 0.6 is 0 Å². The fourth-order valence-corrected chi connectivity index (χ4v) is 2.96. The fraction of sp³-hybridized carbons (Fsp3) is 0.0476. The van der Waals surface area contributed by atoms with Crippen LogP contribution in [0.5, 0.6) is 0 Å². The highest BCUT2D eigenvalue weighted by Crippen LogP contribution is 2.29. The first-order chi connectivity index (χ1) is 13.6. The van der Waals surface area contributed by atoms with Crippen LogP contribution in [-0.4, -0.2) is 16.0 Å². The van der Waals surface area contributed by atoms with Crippen LogP contribution in [-0.2, 0) is 0 Å². The Labute approximate surface area is 159 Å². The molecule has 1 N–H and O–H groups in total. The third-order valence-corrected chi connectivity index (χ3v) is 4.31. The second-order valence-electron chi connectivity index (χ2n) is 6.09. The van der Waals surface area contributed by atoms with E-state index in [0.29, 0.717) is 22.3 Å². The number of amides is 1. The minimum Gasteiger partial charge on any atom is -0.335 e. The van der Waals surface area contributed by atoms with Crippen LogP contribution in [0.2, 0.25) is 0 Å². The molecule has 1 amide bonds. The Morgan fingerprint density at radius 3 is 2.71 bits per heavy atom. The molecule has 0 bridgehead atoms. The molecule has 0 aliphatic heterocycles. The average molecular weight is 372 g/mol. The van der Waals surface area contributed by atoms with Gasteiger partial charge in [0.15, 0.2) is 0 Å². The molecule has 136 valence electrons. The normalized spacial score (nSPS) is 10.6. The number of para-hydroxylation sites is 1. The van der Waals surface area contributed by atoms with Crippen molar-refractivity contribution < 1.29 is 13.7 Å². The van der Waals surface area contributed by atoms with E-state index in [4.69, 9.17) is 4.52 Å². The number of carbonyl (C=O) groups excluding carboxylic acids is 1. The molecular weight excluding hydrogens is 359 g/mol. The zero-order valence-electron chi connectivity index (χ0n) is 14.7. The molecule has 2 heterocycles. The maximum absolute atomic E-state index is 14.2. The van der Waals surface area contributed by atoms with Crippen LogP contribution < -0.4 is 5.32 Å². The Morgan fingerprint density at radius 2 is 1.93 bits per heavy atom. The molecule has 0 saturated heterocycles. The summed E-state index contributed by atoms with van der Waals surface area (Å²) in [6.45, 7) is 1.69. The Kier molecular flexibility index (Phi) is 4.30. The molecule has 2 aromatic carbocycles. The van der Waals surface area contributed by atoms with Crippen LogP contribution in [0.25, 0.3) is 22.4 Å². The highest BCUT2D eigenvalue weighted by atomic mass is 19.1. The Hall–Kier alpha value is -4.05. The summed E-state index contributed by atoms with van der Waals surface area (Å²) in [6, 6.07) is 16.3. The first kappa shape index (κ1) is 17.4. The van der Waals surface area contributed by atoms with Crippen molar-refractivity contribution in [3.8, 4) is 17.3 Å². The summed E-state index contributed by atoms with van der Waals surface area (Å²) in [5.74, 6) is -0.939. The molecule has 4 aromatic rings. The number of carbonyl (C=O) groups is 1. The second kappa shape index (κ2) is 6.93. The lowest BCUT2D eigenvalue weighted by atomic mass is 10.0. The van der Waals surface area contributed by atoms with Gasteiger partial charge in [-0.15, -0.1) is 0 Å². The summed E-state index contributed by atoms with van der Waals surface area (Å²) in [5.41, 5.74) is 2.05. The summed E-state index contributed by atoms with van der Waals surface area (Å²) >= 11 is 0. The van der Waals surface area contributed by atoms with Crippen LogP contribution in [0.1, 0.15) is 21.6 Å². The molecule has 28 heavy (non-hydrogen) atoms. The van der Waals surface area contributed by atoms with E-state index < -0.39 is 11.7 Å². The summed E-state index contributed by atoms with van der Waals surface area (Å²) in [4.78, 5) is 17.3. The predicted molar refractivity (Wildman–Crippen MR) is 101 cm³/mol. The number of benzene rings is 2. The van der Waals surface area contributed by atoms with Gasteiger partial charge in [0.25, 0.3) is 11.6 Å². The summed E-state index contributed by atoms with van der Waals surface area (Å²) in [6.07, 6.45) is 0. The highest BCUT2D eigenvalue weighted by Gasteiger charge is 2.21. The van der Waals surface area contributed by atoms with Gasteiger partial charge < -0.3 is 9.84 Å². The van der Waals surface area contributed by atoms with E-state index in [-0.39, 0.29) is 22.5 Å². The van der Waals surface area contributed by atoms with Gasteiger partial charge in [-0.25, -0.2) is 9.37 Å². The first-order valence-corrected chi connectivity index (χ1v) is 8.41. The summed E-state index contributed by atoms with van der Waals surface area (Å²) in [5, 5.41) is 16.3. The fourth-order valence-electron chi connectivity index (χ4n) is 2.96. The van der Waals surface area contributed by atoms with E-state index in [9.17, 15) is 14.4 Å². The number of aromatic nitrogens is 2. The van der Waals surface area contributed by atoms with Gasteiger partial charge in [0, 0.05) is 5.56 Å². The van der Waals surface area contributed by atoms with Crippen LogP contribution in [0.4, 0.5) is 10.1 Å². The van der Waals surface area contributed by atoms with Gasteiger partial charge in [-0.05, 0) is 37.3 Å². The number of rotatable bonds is 3. The lowest BCUT2D eigenvalue weighted by Crippen LogP contribution is -2.14. The van der Waals surface area contributed by atoms with Crippen LogP contribution in [0.15, 0.2) is 59.1 Å². The molecule has 0 fully saturated rings. The van der Waals surface area contributed by atoms with Crippen molar-refractivity contribution in [2.24, 2.45) is 0 Å². The van der Waals surface area contributed by atoms with Crippen LogP contribution in [0, 0.1) is 24.1 Å². The number of halogens is 1. The SMILES string of the molecule is Cc1noc2nc(-c3ccccc3F)cc(C(=O)Nc3ccccc3C#N)c12. The standard InChI is InChI=1S/C21H13FN4O2/c1-12-19-15(20(27)24-17-9-5-2-6-13(17)11-23)10-18(25-21(19)28-26-12)14-7-3-4-8-16(14)22/h2-10H,1H3,(H,24,27). The lowest BCUT2D eigenvalue weighted by Gasteiger charge is -2.09. The van der Waals surface area contributed by atoms with Gasteiger partial charge in [-0.3, -0.25) is 4.79 Å². The molecule has 0 atom stereocenters. The monoisotopic (exact) mass is 372 g/mol. The van der Waals surface area contributed by atoms with E-state index in [0.717, 1.165) is 0 Å². The highest BCUT2D eigenvalue weighted by molar-refractivity contribution is 6.13. The molecule has 0 spiro atoms. The zero-order chi connectivity index (χ0) is 19.7. The van der Waals surface area contributed by atoms with Gasteiger partial charge in [0.1, 0.15) is 11.9 Å². The summed E-state index contributed by atoms with van der Waals surface area (Å²) < 4.78 is 19.5.